The highest BCUT2D eigenvalue weighted by atomic mass is 35.5. The van der Waals surface area contributed by atoms with Gasteiger partial charge in [-0.2, -0.15) is 0 Å². The number of halogens is 1. The SMILES string of the molecule is C=CCOc1cccc(C2C(C(=O)c3ccco3)=C(O)C(=O)N2c2nc3ccc(Cl)cc3s2)c1. The average molecular weight is 493 g/mol. The number of carbonyl (C=O) groups excluding carboxylic acids is 2. The molecule has 0 aliphatic carbocycles. The van der Waals surface area contributed by atoms with Crippen molar-refractivity contribution in [2.45, 2.75) is 6.04 Å². The molecule has 0 radical (unpaired) electrons. The second kappa shape index (κ2) is 8.81. The van der Waals surface area contributed by atoms with Gasteiger partial charge in [0.05, 0.1) is 28.1 Å². The highest BCUT2D eigenvalue weighted by Crippen LogP contribution is 2.45. The van der Waals surface area contributed by atoms with E-state index in [2.05, 4.69) is 11.6 Å². The highest BCUT2D eigenvalue weighted by molar-refractivity contribution is 7.22. The summed E-state index contributed by atoms with van der Waals surface area (Å²) < 4.78 is 11.7. The number of aliphatic hydroxyl groups excluding tert-OH is 1. The minimum atomic E-state index is -0.951. The zero-order valence-electron chi connectivity index (χ0n) is 17.6. The molecule has 1 unspecified atom stereocenters. The molecule has 7 nitrogen and oxygen atoms in total. The van der Waals surface area contributed by atoms with Crippen LogP contribution in [0, 0.1) is 0 Å². The Labute approximate surface area is 203 Å². The lowest BCUT2D eigenvalue weighted by Crippen LogP contribution is -2.31. The number of furan rings is 1. The summed E-state index contributed by atoms with van der Waals surface area (Å²) in [7, 11) is 0. The van der Waals surface area contributed by atoms with E-state index in [9.17, 15) is 14.7 Å². The van der Waals surface area contributed by atoms with E-state index in [-0.39, 0.29) is 17.9 Å². The van der Waals surface area contributed by atoms with E-state index in [1.165, 1.54) is 28.6 Å². The summed E-state index contributed by atoms with van der Waals surface area (Å²) in [6.07, 6.45) is 2.97. The lowest BCUT2D eigenvalue weighted by atomic mass is 9.95. The molecule has 0 spiro atoms. The first-order chi connectivity index (χ1) is 16.5. The van der Waals surface area contributed by atoms with Crippen LogP contribution in [0.15, 0.2) is 89.3 Å². The predicted octanol–water partition coefficient (Wildman–Crippen LogP) is 5.89. The van der Waals surface area contributed by atoms with Crippen LogP contribution in [0.1, 0.15) is 22.2 Å². The highest BCUT2D eigenvalue weighted by Gasteiger charge is 2.46. The fourth-order valence-electron chi connectivity index (χ4n) is 3.81. The molecular formula is C25H17ClN2O5S. The largest absolute Gasteiger partial charge is 0.503 e. The van der Waals surface area contributed by atoms with Crippen molar-refractivity contribution in [3.63, 3.8) is 0 Å². The van der Waals surface area contributed by atoms with Crippen LogP contribution in [-0.4, -0.2) is 28.4 Å². The predicted molar refractivity (Wildman–Crippen MR) is 130 cm³/mol. The fraction of sp³-hybridized carbons (Fsp3) is 0.0800. The average Bonchev–Trinajstić information content (AvgIpc) is 3.56. The van der Waals surface area contributed by atoms with Crippen molar-refractivity contribution in [3.8, 4) is 5.75 Å². The molecule has 34 heavy (non-hydrogen) atoms. The first-order valence-electron chi connectivity index (χ1n) is 10.2. The van der Waals surface area contributed by atoms with Crippen LogP contribution in [0.4, 0.5) is 5.13 Å². The van der Waals surface area contributed by atoms with Crippen LogP contribution >= 0.6 is 22.9 Å². The molecule has 1 aliphatic heterocycles. The van der Waals surface area contributed by atoms with Gasteiger partial charge >= 0.3 is 0 Å². The fourth-order valence-corrected chi connectivity index (χ4v) is 5.08. The van der Waals surface area contributed by atoms with Gasteiger partial charge in [0, 0.05) is 5.02 Å². The number of carbonyl (C=O) groups is 2. The number of rotatable bonds is 7. The van der Waals surface area contributed by atoms with Gasteiger partial charge in [0.1, 0.15) is 12.4 Å². The van der Waals surface area contributed by atoms with Crippen molar-refractivity contribution in [1.82, 2.24) is 4.98 Å². The Hall–Kier alpha value is -3.88. The van der Waals surface area contributed by atoms with E-state index in [1.54, 1.807) is 54.6 Å². The summed E-state index contributed by atoms with van der Waals surface area (Å²) in [5.41, 5.74) is 1.11. The van der Waals surface area contributed by atoms with E-state index < -0.39 is 23.5 Å². The number of aliphatic hydroxyl groups is 1. The van der Waals surface area contributed by atoms with Crippen LogP contribution in [0.2, 0.25) is 5.02 Å². The zero-order chi connectivity index (χ0) is 23.8. The van der Waals surface area contributed by atoms with E-state index in [0.717, 1.165) is 4.70 Å². The number of benzene rings is 2. The third-order valence-corrected chi connectivity index (χ3v) is 6.54. The summed E-state index contributed by atoms with van der Waals surface area (Å²) in [5.74, 6) is -1.44. The first kappa shape index (κ1) is 21.9. The molecule has 170 valence electrons. The third-order valence-electron chi connectivity index (χ3n) is 5.28. The van der Waals surface area contributed by atoms with Gasteiger partial charge in [0.15, 0.2) is 16.7 Å². The summed E-state index contributed by atoms with van der Waals surface area (Å²) in [6.45, 7) is 3.93. The molecule has 1 N–H and O–H groups in total. The number of anilines is 1. The summed E-state index contributed by atoms with van der Waals surface area (Å²) in [6, 6.07) is 14.3. The van der Waals surface area contributed by atoms with Crippen molar-refractivity contribution in [2.75, 3.05) is 11.5 Å². The van der Waals surface area contributed by atoms with Gasteiger partial charge in [-0.1, -0.05) is 47.7 Å². The zero-order valence-corrected chi connectivity index (χ0v) is 19.2. The number of fused-ring (bicyclic) bond motifs is 1. The normalized spacial score (nSPS) is 15.9. The number of hydrogen-bond donors (Lipinski definition) is 1. The molecule has 5 rings (SSSR count). The first-order valence-corrected chi connectivity index (χ1v) is 11.4. The van der Waals surface area contributed by atoms with Crippen molar-refractivity contribution in [2.24, 2.45) is 0 Å². The van der Waals surface area contributed by atoms with Crippen molar-refractivity contribution in [1.29, 1.82) is 0 Å². The minimum absolute atomic E-state index is 0.0105. The number of amides is 1. The van der Waals surface area contributed by atoms with Crippen LogP contribution < -0.4 is 9.64 Å². The number of ether oxygens (including phenoxy) is 1. The van der Waals surface area contributed by atoms with Crippen LogP contribution in [0.25, 0.3) is 10.2 Å². The molecule has 0 saturated heterocycles. The number of thiazole rings is 1. The second-order valence-corrected chi connectivity index (χ2v) is 8.87. The topological polar surface area (TPSA) is 92.9 Å². The van der Waals surface area contributed by atoms with E-state index in [0.29, 0.717) is 27.0 Å². The molecule has 1 aliphatic rings. The summed E-state index contributed by atoms with van der Waals surface area (Å²) >= 11 is 7.35. The number of Topliss-reactive ketones (excluding diaryl/α,β-unsaturated/α-hetero) is 1. The molecular weight excluding hydrogens is 476 g/mol. The van der Waals surface area contributed by atoms with Gasteiger partial charge in [-0.25, -0.2) is 4.98 Å². The Bertz CT molecular complexity index is 1460. The Kier molecular flexibility index (Phi) is 5.69. The smallest absolute Gasteiger partial charge is 0.296 e. The van der Waals surface area contributed by atoms with Gasteiger partial charge in [-0.3, -0.25) is 14.5 Å². The summed E-state index contributed by atoms with van der Waals surface area (Å²) in [5, 5.41) is 11.7. The van der Waals surface area contributed by atoms with Crippen molar-refractivity contribution in [3.05, 3.63) is 101 Å². The second-order valence-electron chi connectivity index (χ2n) is 7.43. The van der Waals surface area contributed by atoms with Gasteiger partial charge in [-0.15, -0.1) is 0 Å². The molecule has 0 bridgehead atoms. The van der Waals surface area contributed by atoms with Gasteiger partial charge in [0.2, 0.25) is 5.78 Å². The van der Waals surface area contributed by atoms with Crippen LogP contribution in [-0.2, 0) is 4.79 Å². The maximum Gasteiger partial charge on any atom is 0.296 e. The maximum absolute atomic E-state index is 13.3. The maximum atomic E-state index is 13.3. The summed E-state index contributed by atoms with van der Waals surface area (Å²) in [4.78, 5) is 32.5. The molecule has 9 heteroatoms. The number of nitrogens with zero attached hydrogens (tertiary/aromatic N) is 2. The molecule has 0 fully saturated rings. The van der Waals surface area contributed by atoms with E-state index in [4.69, 9.17) is 20.8 Å². The van der Waals surface area contributed by atoms with Gasteiger partial charge in [-0.05, 0) is 48.0 Å². The van der Waals surface area contributed by atoms with Crippen molar-refractivity contribution < 1.29 is 23.8 Å². The van der Waals surface area contributed by atoms with E-state index >= 15 is 0 Å². The number of hydrogen-bond acceptors (Lipinski definition) is 7. The van der Waals surface area contributed by atoms with E-state index in [1.807, 2.05) is 0 Å². The van der Waals surface area contributed by atoms with Crippen LogP contribution in [0.3, 0.4) is 0 Å². The molecule has 3 heterocycles. The Morgan fingerprint density at radius 3 is 2.88 bits per heavy atom. The Morgan fingerprint density at radius 1 is 1.26 bits per heavy atom. The Morgan fingerprint density at radius 2 is 2.12 bits per heavy atom. The molecule has 4 aromatic rings. The number of aromatic nitrogens is 1. The van der Waals surface area contributed by atoms with Crippen molar-refractivity contribution >= 4 is 50.0 Å². The lowest BCUT2D eigenvalue weighted by Gasteiger charge is -2.24. The Balaban J connectivity index is 1.66. The lowest BCUT2D eigenvalue weighted by molar-refractivity contribution is -0.117. The third kappa shape index (κ3) is 3.76. The standard InChI is InChI=1S/C25H17ClN2O5S/c1-2-10-32-16-6-3-5-14(12-16)21-20(22(29)18-7-4-11-33-18)23(30)24(31)28(21)25-27-17-9-8-15(26)13-19(17)34-25/h2-9,11-13,21,30H,1,10H2. The molecule has 2 aromatic carbocycles. The quantitative estimate of drug-likeness (QED) is 0.255. The van der Waals surface area contributed by atoms with Gasteiger partial charge < -0.3 is 14.3 Å². The minimum Gasteiger partial charge on any atom is -0.503 e. The molecule has 1 amide bonds. The molecule has 1 atom stereocenters. The van der Waals surface area contributed by atoms with Gasteiger partial charge in [0.25, 0.3) is 5.91 Å². The molecule has 0 saturated carbocycles. The molecule has 2 aromatic heterocycles. The van der Waals surface area contributed by atoms with Crippen LogP contribution in [0.5, 0.6) is 5.75 Å². The number of ketones is 1. The monoisotopic (exact) mass is 492 g/mol.